The van der Waals surface area contributed by atoms with E-state index in [-0.39, 0.29) is 12.4 Å². The molecule has 3 nitrogen and oxygen atoms in total. The van der Waals surface area contributed by atoms with Gasteiger partial charge in [-0.1, -0.05) is 6.42 Å². The molecule has 0 spiro atoms. The van der Waals surface area contributed by atoms with Crippen molar-refractivity contribution in [2.75, 3.05) is 19.6 Å². The topological polar surface area (TPSA) is 32.3 Å². The zero-order chi connectivity index (χ0) is 11.0. The number of rotatable bonds is 2. The Morgan fingerprint density at radius 2 is 2.00 bits per heavy atom. The quantitative estimate of drug-likeness (QED) is 0.819. The van der Waals surface area contributed by atoms with Gasteiger partial charge in [0.1, 0.15) is 0 Å². The Balaban J connectivity index is 0.00000108. The first-order chi connectivity index (χ1) is 7.81. The highest BCUT2D eigenvalue weighted by atomic mass is 35.5. The molecule has 0 unspecified atom stereocenters. The lowest BCUT2D eigenvalue weighted by molar-refractivity contribution is -0.133. The van der Waals surface area contributed by atoms with Crippen molar-refractivity contribution in [1.82, 2.24) is 10.2 Å². The second kappa shape index (κ2) is 5.57. The Hall–Kier alpha value is -0.280. The fourth-order valence-corrected chi connectivity index (χ4v) is 3.21. The molecule has 0 radical (unpaired) electrons. The smallest absolute Gasteiger partial charge is 0.222 e. The summed E-state index contributed by atoms with van der Waals surface area (Å²) in [6.07, 6.45) is 7.29. The molecule has 3 aliphatic heterocycles. The number of piperidine rings is 1. The van der Waals surface area contributed by atoms with Crippen LogP contribution >= 0.6 is 12.4 Å². The molecule has 1 saturated carbocycles. The summed E-state index contributed by atoms with van der Waals surface area (Å²) >= 11 is 0. The molecule has 4 fully saturated rings. The lowest BCUT2D eigenvalue weighted by atomic mass is 9.82. The molecule has 1 aliphatic carbocycles. The SMILES string of the molecule is Cl.O=C(CC1CCC1)N1C[C@H]2CC[C@@H](C1)NC2. The fraction of sp³-hybridized carbons (Fsp3) is 0.923. The average Bonchev–Trinajstić information content (AvgIpc) is 2.56. The van der Waals surface area contributed by atoms with Crippen LogP contribution in [0.15, 0.2) is 0 Å². The molecule has 0 aromatic carbocycles. The predicted molar refractivity (Wildman–Crippen MR) is 70.3 cm³/mol. The van der Waals surface area contributed by atoms with Crippen LogP contribution in [0.5, 0.6) is 0 Å². The van der Waals surface area contributed by atoms with Crippen molar-refractivity contribution >= 4 is 18.3 Å². The highest BCUT2D eigenvalue weighted by Gasteiger charge is 2.32. The van der Waals surface area contributed by atoms with E-state index in [1.165, 1.54) is 32.1 Å². The second-order valence-electron chi connectivity index (χ2n) is 5.85. The summed E-state index contributed by atoms with van der Waals surface area (Å²) in [6.45, 7) is 3.09. The van der Waals surface area contributed by atoms with Gasteiger partial charge in [0, 0.05) is 25.6 Å². The van der Waals surface area contributed by atoms with E-state index in [0.717, 1.165) is 26.1 Å². The summed E-state index contributed by atoms with van der Waals surface area (Å²) < 4.78 is 0. The monoisotopic (exact) mass is 258 g/mol. The van der Waals surface area contributed by atoms with E-state index >= 15 is 0 Å². The number of carbonyl (C=O) groups is 1. The minimum Gasteiger partial charge on any atom is -0.341 e. The van der Waals surface area contributed by atoms with Crippen molar-refractivity contribution in [1.29, 1.82) is 0 Å². The van der Waals surface area contributed by atoms with Gasteiger partial charge in [-0.15, -0.1) is 12.4 Å². The number of nitrogens with one attached hydrogen (secondary N) is 1. The van der Waals surface area contributed by atoms with Crippen LogP contribution < -0.4 is 5.32 Å². The summed E-state index contributed by atoms with van der Waals surface area (Å²) in [6, 6.07) is 0.573. The van der Waals surface area contributed by atoms with E-state index in [0.29, 0.717) is 23.8 Å². The van der Waals surface area contributed by atoms with Crippen molar-refractivity contribution in [3.8, 4) is 0 Å². The third-order valence-corrected chi connectivity index (χ3v) is 4.58. The second-order valence-corrected chi connectivity index (χ2v) is 5.85. The lowest BCUT2D eigenvalue weighted by Gasteiger charge is -2.29. The Morgan fingerprint density at radius 3 is 2.59 bits per heavy atom. The van der Waals surface area contributed by atoms with Crippen LogP contribution in [0, 0.1) is 11.8 Å². The summed E-state index contributed by atoms with van der Waals surface area (Å²) in [4.78, 5) is 14.3. The third-order valence-electron chi connectivity index (χ3n) is 4.58. The van der Waals surface area contributed by atoms with Gasteiger partial charge >= 0.3 is 0 Å². The lowest BCUT2D eigenvalue weighted by Crippen LogP contribution is -2.41. The third kappa shape index (κ3) is 2.94. The Labute approximate surface area is 110 Å². The molecule has 98 valence electrons. The zero-order valence-corrected chi connectivity index (χ0v) is 11.2. The Bertz CT molecular complexity index is 259. The molecule has 4 heteroatoms. The normalized spacial score (nSPS) is 32.6. The van der Waals surface area contributed by atoms with Gasteiger partial charge < -0.3 is 10.2 Å². The molecule has 1 amide bonds. The van der Waals surface area contributed by atoms with E-state index in [4.69, 9.17) is 0 Å². The highest BCUT2D eigenvalue weighted by Crippen LogP contribution is 2.30. The maximum atomic E-state index is 12.2. The van der Waals surface area contributed by atoms with Crippen LogP contribution in [0.3, 0.4) is 0 Å². The standard InChI is InChI=1S/C13H22N2O.ClH/c16-13(6-10-2-1-3-10)15-8-11-4-5-12(9-15)14-7-11;/h10-12,14H,1-9H2;1H/t11-,12-;/m0./s1. The van der Waals surface area contributed by atoms with Crippen LogP contribution in [0.2, 0.25) is 0 Å². The molecular weight excluding hydrogens is 236 g/mol. The largest absolute Gasteiger partial charge is 0.341 e. The summed E-state index contributed by atoms with van der Waals surface area (Å²) in [5.74, 6) is 1.84. The van der Waals surface area contributed by atoms with Crippen molar-refractivity contribution < 1.29 is 4.79 Å². The van der Waals surface area contributed by atoms with E-state index in [9.17, 15) is 4.79 Å². The van der Waals surface area contributed by atoms with E-state index < -0.39 is 0 Å². The molecule has 1 N–H and O–H groups in total. The van der Waals surface area contributed by atoms with Crippen LogP contribution in [-0.2, 0) is 4.79 Å². The predicted octanol–water partition coefficient (Wildman–Crippen LogP) is 1.81. The van der Waals surface area contributed by atoms with Gasteiger partial charge in [-0.05, 0) is 44.1 Å². The Kier molecular flexibility index (Phi) is 4.31. The van der Waals surface area contributed by atoms with Crippen molar-refractivity contribution in [2.45, 2.75) is 44.6 Å². The molecule has 3 heterocycles. The minimum atomic E-state index is 0. The first kappa shape index (κ1) is 13.2. The zero-order valence-electron chi connectivity index (χ0n) is 10.4. The van der Waals surface area contributed by atoms with Crippen LogP contribution in [0.1, 0.15) is 38.5 Å². The molecule has 0 aromatic rings. The maximum Gasteiger partial charge on any atom is 0.222 e. The number of halogens is 1. The van der Waals surface area contributed by atoms with Crippen molar-refractivity contribution in [3.05, 3.63) is 0 Å². The molecule has 2 bridgehead atoms. The van der Waals surface area contributed by atoms with Gasteiger partial charge in [0.15, 0.2) is 0 Å². The van der Waals surface area contributed by atoms with E-state index in [1.807, 2.05) is 0 Å². The molecule has 3 saturated heterocycles. The Morgan fingerprint density at radius 1 is 1.18 bits per heavy atom. The first-order valence-electron chi connectivity index (χ1n) is 6.82. The number of hydrogen-bond donors (Lipinski definition) is 1. The minimum absolute atomic E-state index is 0. The molecular formula is C13H23ClN2O. The van der Waals surface area contributed by atoms with Crippen LogP contribution in [0.25, 0.3) is 0 Å². The molecule has 4 rings (SSSR count). The van der Waals surface area contributed by atoms with Crippen molar-refractivity contribution in [3.63, 3.8) is 0 Å². The van der Waals surface area contributed by atoms with Gasteiger partial charge in [0.05, 0.1) is 0 Å². The maximum absolute atomic E-state index is 12.2. The van der Waals surface area contributed by atoms with Crippen molar-refractivity contribution in [2.24, 2.45) is 11.8 Å². The first-order valence-corrected chi connectivity index (χ1v) is 6.82. The number of nitrogens with zero attached hydrogens (tertiary/aromatic N) is 1. The molecule has 0 aromatic heterocycles. The van der Waals surface area contributed by atoms with Crippen LogP contribution in [-0.4, -0.2) is 36.5 Å². The van der Waals surface area contributed by atoms with Crippen LogP contribution in [0.4, 0.5) is 0 Å². The number of fused-ring (bicyclic) bond motifs is 4. The van der Waals surface area contributed by atoms with Gasteiger partial charge in [0.25, 0.3) is 0 Å². The number of carbonyl (C=O) groups excluding carboxylic acids is 1. The fourth-order valence-electron chi connectivity index (χ4n) is 3.21. The number of amides is 1. The molecule has 17 heavy (non-hydrogen) atoms. The van der Waals surface area contributed by atoms with E-state index in [1.54, 1.807) is 0 Å². The summed E-state index contributed by atoms with van der Waals surface area (Å²) in [7, 11) is 0. The highest BCUT2D eigenvalue weighted by molar-refractivity contribution is 5.85. The van der Waals surface area contributed by atoms with Gasteiger partial charge in [-0.3, -0.25) is 4.79 Å². The molecule has 2 atom stereocenters. The molecule has 4 aliphatic rings. The number of hydrogen-bond acceptors (Lipinski definition) is 2. The van der Waals surface area contributed by atoms with Gasteiger partial charge in [-0.25, -0.2) is 0 Å². The van der Waals surface area contributed by atoms with E-state index in [2.05, 4.69) is 10.2 Å². The summed E-state index contributed by atoms with van der Waals surface area (Å²) in [5, 5.41) is 3.55. The average molecular weight is 259 g/mol. The van der Waals surface area contributed by atoms with Gasteiger partial charge in [0.2, 0.25) is 5.91 Å². The summed E-state index contributed by atoms with van der Waals surface area (Å²) in [5.41, 5.74) is 0. The van der Waals surface area contributed by atoms with Gasteiger partial charge in [-0.2, -0.15) is 0 Å².